The first kappa shape index (κ1) is 49.9. The van der Waals surface area contributed by atoms with Gasteiger partial charge in [0, 0.05) is 37.7 Å². The molecule has 0 unspecified atom stereocenters. The maximum absolute atomic E-state index is 11.6. The number of phenolic OH excluding ortho intramolecular Hbond substituents is 3. The SMILES string of the molecule is Cc1c(Cc2cc(C(C)(C)C)c(O)c(C(C)(C)C)c2)c(C)c(Cc2cc(C(C)(C)C)c(O)c(C(C)(C)C)c2)c(C)c1Cc1cc(C(C)(C)C)c(O)c(C(C)(C)C)c1.[Ca]. The molecule has 0 bridgehead atoms. The molecule has 0 aliphatic rings. The van der Waals surface area contributed by atoms with Crippen LogP contribution in [0.15, 0.2) is 36.4 Å². The Morgan fingerprint density at radius 1 is 0.310 bits per heavy atom. The van der Waals surface area contributed by atoms with Gasteiger partial charge < -0.3 is 15.3 Å². The average Bonchev–Trinajstić information content (AvgIpc) is 3.02. The van der Waals surface area contributed by atoms with Crippen LogP contribution in [0.5, 0.6) is 17.2 Å². The van der Waals surface area contributed by atoms with Gasteiger partial charge in [-0.3, -0.25) is 0 Å². The van der Waals surface area contributed by atoms with Crippen molar-refractivity contribution in [3.05, 3.63) is 120 Å². The molecule has 0 aliphatic heterocycles. The Bertz CT molecular complexity index is 1780. The van der Waals surface area contributed by atoms with Gasteiger partial charge in [-0.2, -0.15) is 0 Å². The first-order chi connectivity index (χ1) is 25.5. The van der Waals surface area contributed by atoms with Gasteiger partial charge in [-0.15, -0.1) is 0 Å². The summed E-state index contributed by atoms with van der Waals surface area (Å²) in [6.07, 6.45) is 2.24. The van der Waals surface area contributed by atoms with Crippen LogP contribution in [0.4, 0.5) is 0 Å². The summed E-state index contributed by atoms with van der Waals surface area (Å²) in [6, 6.07) is 13.4. The smallest absolute Gasteiger partial charge is 0.123 e. The summed E-state index contributed by atoms with van der Waals surface area (Å²) in [5, 5.41) is 34.9. The van der Waals surface area contributed by atoms with Crippen molar-refractivity contribution in [1.29, 1.82) is 0 Å². The number of phenols is 3. The predicted octanol–water partition coefficient (Wildman–Crippen LogP) is 13.9. The molecule has 0 saturated carbocycles. The molecule has 4 rings (SSSR count). The minimum atomic E-state index is -0.226. The molecule has 58 heavy (non-hydrogen) atoms. The number of hydrogen-bond acceptors (Lipinski definition) is 3. The van der Waals surface area contributed by atoms with E-state index in [-0.39, 0.29) is 70.2 Å². The Hall–Kier alpha value is -2.46. The average molecular weight is 815 g/mol. The van der Waals surface area contributed by atoms with Crippen LogP contribution in [0.3, 0.4) is 0 Å². The summed E-state index contributed by atoms with van der Waals surface area (Å²) < 4.78 is 0. The van der Waals surface area contributed by atoms with Gasteiger partial charge in [0.1, 0.15) is 17.2 Å². The fourth-order valence-electron chi connectivity index (χ4n) is 8.62. The van der Waals surface area contributed by atoms with Crippen LogP contribution in [-0.2, 0) is 51.8 Å². The van der Waals surface area contributed by atoms with Gasteiger partial charge in [-0.05, 0) is 156 Å². The topological polar surface area (TPSA) is 60.7 Å². The van der Waals surface area contributed by atoms with Crippen molar-refractivity contribution in [3.8, 4) is 17.2 Å². The molecule has 4 heteroatoms. The van der Waals surface area contributed by atoms with Crippen LogP contribution in [0.25, 0.3) is 0 Å². The summed E-state index contributed by atoms with van der Waals surface area (Å²) in [6.45, 7) is 46.2. The van der Waals surface area contributed by atoms with Gasteiger partial charge in [0.05, 0.1) is 0 Å². The summed E-state index contributed by atoms with van der Waals surface area (Å²) in [5.41, 5.74) is 16.0. The minimum absolute atomic E-state index is 0. The van der Waals surface area contributed by atoms with Crippen LogP contribution >= 0.6 is 0 Å². The summed E-state index contributed by atoms with van der Waals surface area (Å²) in [5.74, 6) is 1.22. The largest absolute Gasteiger partial charge is 0.507 e. The van der Waals surface area contributed by atoms with Crippen LogP contribution in [0.2, 0.25) is 0 Å². The van der Waals surface area contributed by atoms with Gasteiger partial charge in [-0.25, -0.2) is 0 Å². The van der Waals surface area contributed by atoms with Crippen molar-refractivity contribution in [1.82, 2.24) is 0 Å². The quantitative estimate of drug-likeness (QED) is 0.170. The first-order valence-corrected chi connectivity index (χ1v) is 21.3. The molecule has 0 fully saturated rings. The molecule has 314 valence electrons. The van der Waals surface area contributed by atoms with E-state index in [1.54, 1.807) is 0 Å². The van der Waals surface area contributed by atoms with E-state index in [1.807, 2.05) is 0 Å². The number of rotatable bonds is 6. The molecular weight excluding hydrogens is 737 g/mol. The van der Waals surface area contributed by atoms with E-state index in [2.05, 4.69) is 182 Å². The Morgan fingerprint density at radius 2 is 0.448 bits per heavy atom. The Morgan fingerprint density at radius 3 is 0.569 bits per heavy atom. The van der Waals surface area contributed by atoms with Gasteiger partial charge in [-0.1, -0.05) is 161 Å². The second-order valence-electron chi connectivity index (χ2n) is 23.5. The normalized spacial score (nSPS) is 13.2. The molecule has 0 aliphatic carbocycles. The minimum Gasteiger partial charge on any atom is -0.507 e. The number of hydrogen-bond donors (Lipinski definition) is 3. The fourth-order valence-corrected chi connectivity index (χ4v) is 8.62. The summed E-state index contributed by atoms with van der Waals surface area (Å²) >= 11 is 0. The number of benzene rings is 4. The summed E-state index contributed by atoms with van der Waals surface area (Å²) in [7, 11) is 0. The third-order valence-corrected chi connectivity index (χ3v) is 12.2. The van der Waals surface area contributed by atoms with Gasteiger partial charge in [0.25, 0.3) is 0 Å². The molecule has 0 aromatic heterocycles. The van der Waals surface area contributed by atoms with E-state index in [1.165, 1.54) is 50.1 Å². The second-order valence-corrected chi connectivity index (χ2v) is 23.5. The molecular formula is C54H78CaO3. The molecule has 4 aromatic rings. The molecule has 3 N–H and O–H groups in total. The van der Waals surface area contributed by atoms with E-state index in [0.717, 1.165) is 52.6 Å². The van der Waals surface area contributed by atoms with Gasteiger partial charge in [0.2, 0.25) is 0 Å². The van der Waals surface area contributed by atoms with E-state index in [0.29, 0.717) is 17.2 Å². The van der Waals surface area contributed by atoms with Crippen LogP contribution in [0, 0.1) is 20.8 Å². The molecule has 0 spiro atoms. The van der Waals surface area contributed by atoms with Crippen molar-refractivity contribution >= 4 is 37.7 Å². The predicted molar refractivity (Wildman–Crippen MR) is 251 cm³/mol. The second kappa shape index (κ2) is 16.8. The van der Waals surface area contributed by atoms with Crippen molar-refractivity contribution in [2.24, 2.45) is 0 Å². The molecule has 2 radical (unpaired) electrons. The Balaban J connectivity index is 0.00000900. The fraction of sp³-hybridized carbons (Fsp3) is 0.556. The monoisotopic (exact) mass is 815 g/mol. The van der Waals surface area contributed by atoms with Crippen LogP contribution in [-0.4, -0.2) is 53.1 Å². The van der Waals surface area contributed by atoms with E-state index >= 15 is 0 Å². The Kier molecular flexibility index (Phi) is 14.4. The van der Waals surface area contributed by atoms with Crippen molar-refractivity contribution in [2.75, 3.05) is 0 Å². The van der Waals surface area contributed by atoms with Gasteiger partial charge in [0.15, 0.2) is 0 Å². The standard InChI is InChI=1S/C54H78O3.Ca/c1-31-37(22-34-25-40(49(4,5)6)46(55)41(26-34)50(7,8)9)32(2)39(24-36-29-44(53(16,17)18)48(57)45(30-36)54(19,20)21)33(3)38(31)23-35-27-42(51(10,11)12)47(56)43(28-35)52(13,14)15;/h25-30,55-57H,22-24H2,1-21H3;. The van der Waals surface area contributed by atoms with Gasteiger partial charge >= 0.3 is 0 Å². The zero-order valence-corrected chi connectivity index (χ0v) is 42.8. The molecule has 0 saturated heterocycles. The Labute approximate surface area is 384 Å². The third kappa shape index (κ3) is 10.7. The molecule has 3 nitrogen and oxygen atoms in total. The van der Waals surface area contributed by atoms with E-state index in [9.17, 15) is 15.3 Å². The first-order valence-electron chi connectivity index (χ1n) is 21.3. The van der Waals surface area contributed by atoms with Crippen LogP contribution in [0.1, 0.15) is 208 Å². The zero-order valence-electron chi connectivity index (χ0n) is 40.6. The maximum atomic E-state index is 11.6. The zero-order chi connectivity index (χ0) is 43.8. The third-order valence-electron chi connectivity index (χ3n) is 12.2. The van der Waals surface area contributed by atoms with E-state index in [4.69, 9.17) is 0 Å². The van der Waals surface area contributed by atoms with Crippen molar-refractivity contribution in [2.45, 2.75) is 197 Å². The molecule has 0 heterocycles. The maximum Gasteiger partial charge on any atom is 0.123 e. The molecule has 0 amide bonds. The molecule has 0 atom stereocenters. The van der Waals surface area contributed by atoms with E-state index < -0.39 is 0 Å². The summed E-state index contributed by atoms with van der Waals surface area (Å²) in [4.78, 5) is 0. The van der Waals surface area contributed by atoms with Crippen molar-refractivity contribution in [3.63, 3.8) is 0 Å². The van der Waals surface area contributed by atoms with Crippen molar-refractivity contribution < 1.29 is 15.3 Å². The molecule has 4 aromatic carbocycles. The number of aromatic hydroxyl groups is 3. The van der Waals surface area contributed by atoms with Crippen LogP contribution < -0.4 is 0 Å².